The SMILES string of the molecule is O=C1C=CC(=O)C(C#Cc2ccc(/C=C/c3ccc(S)cc3)cc2)=C1. The predicted octanol–water partition coefficient (Wildman–Crippen LogP) is 4.13. The lowest BCUT2D eigenvalue weighted by atomic mass is 10.0. The van der Waals surface area contributed by atoms with Crippen LogP contribution in [0.3, 0.4) is 0 Å². The minimum atomic E-state index is -0.237. The first-order chi connectivity index (χ1) is 12.1. The summed E-state index contributed by atoms with van der Waals surface area (Å²) in [5.74, 6) is 5.23. The molecular weight excluding hydrogens is 328 g/mol. The van der Waals surface area contributed by atoms with Gasteiger partial charge in [-0.3, -0.25) is 9.59 Å². The van der Waals surface area contributed by atoms with Gasteiger partial charge in [-0.1, -0.05) is 48.3 Å². The fraction of sp³-hybridized carbons (Fsp3) is 0. The molecule has 0 spiro atoms. The summed E-state index contributed by atoms with van der Waals surface area (Å²) in [6.07, 6.45) is 7.81. The van der Waals surface area contributed by atoms with E-state index < -0.39 is 0 Å². The van der Waals surface area contributed by atoms with Gasteiger partial charge < -0.3 is 0 Å². The fourth-order valence-electron chi connectivity index (χ4n) is 2.20. The molecule has 0 radical (unpaired) electrons. The van der Waals surface area contributed by atoms with Crippen molar-refractivity contribution in [2.45, 2.75) is 4.90 Å². The fourth-order valence-corrected chi connectivity index (χ4v) is 2.35. The molecule has 3 heteroatoms. The van der Waals surface area contributed by atoms with E-state index in [-0.39, 0.29) is 17.1 Å². The number of carbonyl (C=O) groups is 2. The summed E-state index contributed by atoms with van der Waals surface area (Å²) in [4.78, 5) is 23.9. The Labute approximate surface area is 152 Å². The molecule has 120 valence electrons. The van der Waals surface area contributed by atoms with Gasteiger partial charge in [0.25, 0.3) is 0 Å². The van der Waals surface area contributed by atoms with E-state index in [1.165, 1.54) is 18.2 Å². The molecule has 3 rings (SSSR count). The number of carbonyl (C=O) groups excluding carboxylic acids is 2. The Morgan fingerprint density at radius 1 is 0.760 bits per heavy atom. The first-order valence-electron chi connectivity index (χ1n) is 7.67. The van der Waals surface area contributed by atoms with Crippen LogP contribution in [-0.4, -0.2) is 11.6 Å². The predicted molar refractivity (Wildman–Crippen MR) is 103 cm³/mol. The molecule has 0 saturated heterocycles. The van der Waals surface area contributed by atoms with Crippen LogP contribution in [-0.2, 0) is 9.59 Å². The van der Waals surface area contributed by atoms with Gasteiger partial charge in [0.05, 0.1) is 5.57 Å². The van der Waals surface area contributed by atoms with Gasteiger partial charge in [-0.15, -0.1) is 12.6 Å². The summed E-state index contributed by atoms with van der Waals surface area (Å²) in [6.45, 7) is 0. The van der Waals surface area contributed by atoms with Crippen molar-refractivity contribution in [1.29, 1.82) is 0 Å². The Morgan fingerprint density at radius 3 is 2.00 bits per heavy atom. The lowest BCUT2D eigenvalue weighted by Crippen LogP contribution is -2.05. The van der Waals surface area contributed by atoms with Crippen molar-refractivity contribution in [2.75, 3.05) is 0 Å². The maximum Gasteiger partial charge on any atom is 0.194 e. The van der Waals surface area contributed by atoms with Crippen LogP contribution >= 0.6 is 12.6 Å². The van der Waals surface area contributed by atoms with E-state index in [4.69, 9.17) is 0 Å². The van der Waals surface area contributed by atoms with E-state index >= 15 is 0 Å². The third kappa shape index (κ3) is 4.69. The van der Waals surface area contributed by atoms with Crippen LogP contribution in [0.2, 0.25) is 0 Å². The summed E-state index contributed by atoms with van der Waals surface area (Å²) in [7, 11) is 0. The van der Waals surface area contributed by atoms with Crippen LogP contribution in [0, 0.1) is 11.8 Å². The van der Waals surface area contributed by atoms with E-state index in [2.05, 4.69) is 24.5 Å². The number of rotatable bonds is 2. The summed E-state index contributed by atoms with van der Waals surface area (Å²) < 4.78 is 0. The van der Waals surface area contributed by atoms with Crippen LogP contribution in [0.5, 0.6) is 0 Å². The summed E-state index contributed by atoms with van der Waals surface area (Å²) >= 11 is 4.27. The van der Waals surface area contributed by atoms with Crippen molar-refractivity contribution in [3.05, 3.63) is 89.0 Å². The van der Waals surface area contributed by atoms with Crippen LogP contribution in [0.25, 0.3) is 12.2 Å². The lowest BCUT2D eigenvalue weighted by molar-refractivity contribution is -0.114. The minimum Gasteiger partial charge on any atom is -0.290 e. The van der Waals surface area contributed by atoms with Gasteiger partial charge in [0.2, 0.25) is 0 Å². The number of allylic oxidation sites excluding steroid dienone is 4. The summed E-state index contributed by atoms with van der Waals surface area (Å²) in [6, 6.07) is 15.6. The third-order valence-corrected chi connectivity index (χ3v) is 3.86. The molecule has 0 aromatic heterocycles. The van der Waals surface area contributed by atoms with Crippen LogP contribution < -0.4 is 0 Å². The summed E-state index contributed by atoms with van der Waals surface area (Å²) in [5.41, 5.74) is 3.16. The molecule has 0 fully saturated rings. The van der Waals surface area contributed by atoms with Gasteiger partial charge in [0, 0.05) is 16.5 Å². The molecule has 0 aliphatic heterocycles. The van der Waals surface area contributed by atoms with E-state index in [0.29, 0.717) is 0 Å². The monoisotopic (exact) mass is 342 g/mol. The Morgan fingerprint density at radius 2 is 1.36 bits per heavy atom. The number of benzene rings is 2. The van der Waals surface area contributed by atoms with Gasteiger partial charge in [0.1, 0.15) is 0 Å². The molecule has 0 heterocycles. The molecule has 0 saturated carbocycles. The van der Waals surface area contributed by atoms with Gasteiger partial charge in [-0.25, -0.2) is 0 Å². The average Bonchev–Trinajstić information content (AvgIpc) is 2.63. The Balaban J connectivity index is 1.71. The maximum atomic E-state index is 11.6. The van der Waals surface area contributed by atoms with Crippen LogP contribution in [0.4, 0.5) is 0 Å². The zero-order valence-electron chi connectivity index (χ0n) is 13.3. The minimum absolute atomic E-state index is 0.213. The number of ketones is 2. The Kier molecular flexibility index (Phi) is 5.13. The average molecular weight is 342 g/mol. The highest BCUT2D eigenvalue weighted by molar-refractivity contribution is 7.80. The quantitative estimate of drug-likeness (QED) is 0.385. The van der Waals surface area contributed by atoms with E-state index in [9.17, 15) is 9.59 Å². The van der Waals surface area contributed by atoms with Gasteiger partial charge >= 0.3 is 0 Å². The third-order valence-electron chi connectivity index (χ3n) is 3.56. The molecule has 0 N–H and O–H groups in total. The highest BCUT2D eigenvalue weighted by Crippen LogP contribution is 2.12. The summed E-state index contributed by atoms with van der Waals surface area (Å²) in [5, 5.41) is 0. The highest BCUT2D eigenvalue weighted by atomic mass is 32.1. The Bertz CT molecular complexity index is 963. The topological polar surface area (TPSA) is 34.1 Å². The highest BCUT2D eigenvalue weighted by Gasteiger charge is 2.10. The second kappa shape index (κ2) is 7.65. The number of thiol groups is 1. The van der Waals surface area contributed by atoms with Gasteiger partial charge in [-0.05, 0) is 47.5 Å². The van der Waals surface area contributed by atoms with Crippen molar-refractivity contribution in [3.63, 3.8) is 0 Å². The lowest BCUT2D eigenvalue weighted by Gasteiger charge is -1.98. The molecule has 25 heavy (non-hydrogen) atoms. The van der Waals surface area contributed by atoms with Crippen molar-refractivity contribution in [3.8, 4) is 11.8 Å². The van der Waals surface area contributed by atoms with Crippen molar-refractivity contribution < 1.29 is 9.59 Å². The van der Waals surface area contributed by atoms with Crippen molar-refractivity contribution in [1.82, 2.24) is 0 Å². The van der Waals surface area contributed by atoms with E-state index in [1.807, 2.05) is 60.7 Å². The number of hydrogen-bond donors (Lipinski definition) is 1. The molecule has 0 unspecified atom stereocenters. The molecular formula is C22H14O2S. The van der Waals surface area contributed by atoms with Crippen LogP contribution in [0.1, 0.15) is 16.7 Å². The van der Waals surface area contributed by atoms with E-state index in [0.717, 1.165) is 21.6 Å². The molecule has 2 aromatic rings. The molecule has 0 amide bonds. The zero-order chi connectivity index (χ0) is 17.6. The smallest absolute Gasteiger partial charge is 0.194 e. The normalized spacial score (nSPS) is 13.6. The molecule has 2 nitrogen and oxygen atoms in total. The Hall–Kier alpha value is -3.09. The first kappa shape index (κ1) is 16.8. The number of hydrogen-bond acceptors (Lipinski definition) is 3. The van der Waals surface area contributed by atoms with Crippen molar-refractivity contribution >= 4 is 36.3 Å². The second-order valence-corrected chi connectivity index (χ2v) is 5.97. The first-order valence-corrected chi connectivity index (χ1v) is 8.12. The largest absolute Gasteiger partial charge is 0.290 e. The van der Waals surface area contributed by atoms with Crippen molar-refractivity contribution in [2.24, 2.45) is 0 Å². The second-order valence-electron chi connectivity index (χ2n) is 5.45. The molecule has 0 atom stereocenters. The molecule has 1 aliphatic carbocycles. The zero-order valence-corrected chi connectivity index (χ0v) is 14.2. The standard InChI is InChI=1S/C22H14O2S/c23-20-11-14-22(24)19(15-20)10-7-17-4-1-16(2-5-17)3-6-18-8-12-21(25)13-9-18/h1-6,8-9,11-15,25H/b6-3+. The molecule has 0 bridgehead atoms. The van der Waals surface area contributed by atoms with Gasteiger partial charge in [0.15, 0.2) is 11.6 Å². The molecule has 2 aromatic carbocycles. The maximum absolute atomic E-state index is 11.6. The van der Waals surface area contributed by atoms with Gasteiger partial charge in [-0.2, -0.15) is 0 Å². The van der Waals surface area contributed by atoms with E-state index in [1.54, 1.807) is 0 Å². The van der Waals surface area contributed by atoms with Crippen LogP contribution in [0.15, 0.2) is 77.2 Å². The molecule has 1 aliphatic rings.